The lowest BCUT2D eigenvalue weighted by molar-refractivity contribution is -0.152. The van der Waals surface area contributed by atoms with Crippen molar-refractivity contribution < 1.29 is 28.6 Å². The van der Waals surface area contributed by atoms with Crippen molar-refractivity contribution in [3.63, 3.8) is 0 Å². The number of nitrogens with two attached hydrogens (primary N) is 1. The van der Waals surface area contributed by atoms with Gasteiger partial charge in [-0.15, -0.1) is 0 Å². The van der Waals surface area contributed by atoms with Crippen molar-refractivity contribution in [2.75, 3.05) is 39.4 Å². The standard InChI is InChI=1S/C27H34N4O6/c28-13-5-2-6-14-29-26(34)23-17-27(35-15-16-36-27)19-31(23)24(32)18-30-25(33)20-9-11-22(12-10-20)37-21-7-3-1-4-8-21/h1,3-4,7-12,23H,2,5-6,13-19,28H2,(H,29,34)(H,30,33)/t23-/m0/s1. The Labute approximate surface area is 216 Å². The summed E-state index contributed by atoms with van der Waals surface area (Å²) in [5.74, 6) is -0.722. The van der Waals surface area contributed by atoms with Crippen LogP contribution >= 0.6 is 0 Å². The number of ether oxygens (including phenoxy) is 3. The van der Waals surface area contributed by atoms with E-state index in [0.29, 0.717) is 43.4 Å². The Hall–Kier alpha value is -3.47. The van der Waals surface area contributed by atoms with Gasteiger partial charge < -0.3 is 35.5 Å². The predicted octanol–water partition coefficient (Wildman–Crippen LogP) is 1.80. The molecule has 2 heterocycles. The monoisotopic (exact) mass is 510 g/mol. The molecule has 4 N–H and O–H groups in total. The van der Waals surface area contributed by atoms with Crippen LogP contribution in [0.4, 0.5) is 0 Å². The molecule has 10 nitrogen and oxygen atoms in total. The fourth-order valence-electron chi connectivity index (χ4n) is 4.48. The zero-order valence-electron chi connectivity index (χ0n) is 20.8. The summed E-state index contributed by atoms with van der Waals surface area (Å²) in [6.45, 7) is 1.84. The molecule has 2 aromatic rings. The first kappa shape index (κ1) is 26.6. The smallest absolute Gasteiger partial charge is 0.251 e. The maximum Gasteiger partial charge on any atom is 0.251 e. The van der Waals surface area contributed by atoms with Gasteiger partial charge in [0.2, 0.25) is 11.8 Å². The third-order valence-electron chi connectivity index (χ3n) is 6.40. The SMILES string of the molecule is NCCCCCNC(=O)[C@@H]1CC2(CN1C(=O)CNC(=O)c1ccc(Oc3ccccc3)cc1)OCCO2. The Morgan fingerprint density at radius 1 is 0.946 bits per heavy atom. The quantitative estimate of drug-likeness (QED) is 0.393. The Morgan fingerprint density at radius 3 is 2.35 bits per heavy atom. The highest BCUT2D eigenvalue weighted by atomic mass is 16.7. The van der Waals surface area contributed by atoms with Gasteiger partial charge in [0.15, 0.2) is 5.79 Å². The Kier molecular flexibility index (Phi) is 9.10. The molecule has 1 atom stereocenters. The summed E-state index contributed by atoms with van der Waals surface area (Å²) in [4.78, 5) is 40.1. The third-order valence-corrected chi connectivity index (χ3v) is 6.40. The molecular weight excluding hydrogens is 476 g/mol. The molecule has 0 bridgehead atoms. The van der Waals surface area contributed by atoms with Gasteiger partial charge in [-0.05, 0) is 55.8 Å². The Bertz CT molecular complexity index is 1060. The first-order valence-electron chi connectivity index (χ1n) is 12.7. The number of para-hydroxylation sites is 1. The van der Waals surface area contributed by atoms with Crippen LogP contribution < -0.4 is 21.1 Å². The van der Waals surface area contributed by atoms with E-state index in [1.807, 2.05) is 30.3 Å². The first-order valence-corrected chi connectivity index (χ1v) is 12.7. The molecule has 2 aromatic carbocycles. The summed E-state index contributed by atoms with van der Waals surface area (Å²) in [5.41, 5.74) is 5.90. The largest absolute Gasteiger partial charge is 0.457 e. The van der Waals surface area contributed by atoms with Crippen LogP contribution in [0, 0.1) is 0 Å². The third kappa shape index (κ3) is 7.06. The molecule has 198 valence electrons. The van der Waals surface area contributed by atoms with E-state index in [1.54, 1.807) is 24.3 Å². The summed E-state index contributed by atoms with van der Waals surface area (Å²) in [6.07, 6.45) is 2.89. The summed E-state index contributed by atoms with van der Waals surface area (Å²) in [6, 6.07) is 15.2. The number of nitrogens with zero attached hydrogens (tertiary/aromatic N) is 1. The van der Waals surface area contributed by atoms with Gasteiger partial charge in [0.25, 0.3) is 5.91 Å². The van der Waals surface area contributed by atoms with Crippen molar-refractivity contribution in [2.24, 2.45) is 5.73 Å². The zero-order chi connectivity index (χ0) is 26.1. The topological polar surface area (TPSA) is 132 Å². The fraction of sp³-hybridized carbons (Fsp3) is 0.444. The van der Waals surface area contributed by atoms with Gasteiger partial charge in [0, 0.05) is 18.5 Å². The molecule has 37 heavy (non-hydrogen) atoms. The van der Waals surface area contributed by atoms with Gasteiger partial charge in [-0.2, -0.15) is 0 Å². The van der Waals surface area contributed by atoms with Crippen molar-refractivity contribution in [1.82, 2.24) is 15.5 Å². The molecule has 2 fully saturated rings. The van der Waals surface area contributed by atoms with E-state index in [0.717, 1.165) is 19.3 Å². The lowest BCUT2D eigenvalue weighted by Gasteiger charge is -2.24. The fourth-order valence-corrected chi connectivity index (χ4v) is 4.48. The highest BCUT2D eigenvalue weighted by molar-refractivity contribution is 5.97. The number of nitrogens with one attached hydrogen (secondary N) is 2. The summed E-state index contributed by atoms with van der Waals surface area (Å²) >= 11 is 0. The highest BCUT2D eigenvalue weighted by Gasteiger charge is 2.52. The van der Waals surface area contributed by atoms with Crippen LogP contribution in [0.5, 0.6) is 11.5 Å². The van der Waals surface area contributed by atoms with Gasteiger partial charge >= 0.3 is 0 Å². The second-order valence-corrected chi connectivity index (χ2v) is 9.11. The number of rotatable bonds is 11. The number of unbranched alkanes of at least 4 members (excludes halogenated alkanes) is 2. The van der Waals surface area contributed by atoms with Crippen molar-refractivity contribution in [1.29, 1.82) is 0 Å². The Balaban J connectivity index is 1.31. The number of carbonyl (C=O) groups excluding carboxylic acids is 3. The van der Waals surface area contributed by atoms with E-state index < -0.39 is 17.7 Å². The molecule has 2 aliphatic rings. The normalized spacial score (nSPS) is 18.1. The van der Waals surface area contributed by atoms with Gasteiger partial charge in [0.05, 0.1) is 26.3 Å². The first-order chi connectivity index (χ1) is 18.0. The van der Waals surface area contributed by atoms with Gasteiger partial charge in [-0.3, -0.25) is 14.4 Å². The molecule has 0 unspecified atom stereocenters. The van der Waals surface area contributed by atoms with Gasteiger partial charge in [-0.1, -0.05) is 24.6 Å². The number of hydrogen-bond donors (Lipinski definition) is 3. The molecule has 4 rings (SSSR count). The van der Waals surface area contributed by atoms with Crippen LogP contribution in [-0.4, -0.2) is 73.8 Å². The second kappa shape index (κ2) is 12.7. The molecule has 1 spiro atoms. The predicted molar refractivity (Wildman–Crippen MR) is 136 cm³/mol. The number of amides is 3. The second-order valence-electron chi connectivity index (χ2n) is 9.11. The number of benzene rings is 2. The molecule has 0 saturated carbocycles. The summed E-state index contributed by atoms with van der Waals surface area (Å²) in [7, 11) is 0. The van der Waals surface area contributed by atoms with E-state index >= 15 is 0 Å². The number of carbonyl (C=O) groups is 3. The van der Waals surface area contributed by atoms with Crippen molar-refractivity contribution >= 4 is 17.7 Å². The summed E-state index contributed by atoms with van der Waals surface area (Å²) < 4.78 is 17.3. The van der Waals surface area contributed by atoms with E-state index in [2.05, 4.69) is 10.6 Å². The number of hydrogen-bond acceptors (Lipinski definition) is 7. The van der Waals surface area contributed by atoms with Gasteiger partial charge in [0.1, 0.15) is 17.5 Å². The van der Waals surface area contributed by atoms with E-state index in [-0.39, 0.29) is 31.3 Å². The minimum absolute atomic E-state index is 0.137. The van der Waals surface area contributed by atoms with E-state index in [9.17, 15) is 14.4 Å². The average molecular weight is 511 g/mol. The van der Waals surface area contributed by atoms with E-state index in [4.69, 9.17) is 19.9 Å². The zero-order valence-corrected chi connectivity index (χ0v) is 20.8. The van der Waals surface area contributed by atoms with Crippen LogP contribution in [0.2, 0.25) is 0 Å². The van der Waals surface area contributed by atoms with Crippen LogP contribution in [0.1, 0.15) is 36.0 Å². The highest BCUT2D eigenvalue weighted by Crippen LogP contribution is 2.34. The molecule has 0 radical (unpaired) electrons. The summed E-state index contributed by atoms with van der Waals surface area (Å²) in [5, 5.41) is 5.56. The molecule has 3 amide bonds. The Morgan fingerprint density at radius 2 is 1.65 bits per heavy atom. The molecule has 10 heteroatoms. The minimum atomic E-state index is -0.976. The van der Waals surface area contributed by atoms with E-state index in [1.165, 1.54) is 4.90 Å². The molecule has 0 aromatic heterocycles. The lowest BCUT2D eigenvalue weighted by atomic mass is 10.1. The number of likely N-dealkylation sites (tertiary alicyclic amines) is 1. The van der Waals surface area contributed by atoms with Crippen LogP contribution in [-0.2, 0) is 19.1 Å². The minimum Gasteiger partial charge on any atom is -0.457 e. The molecule has 2 aliphatic heterocycles. The van der Waals surface area contributed by atoms with Crippen molar-refractivity contribution in [2.45, 2.75) is 37.5 Å². The molecule has 2 saturated heterocycles. The average Bonchev–Trinajstić information content (AvgIpc) is 3.54. The van der Waals surface area contributed by atoms with Crippen molar-refractivity contribution in [3.05, 3.63) is 60.2 Å². The van der Waals surface area contributed by atoms with Crippen LogP contribution in [0.15, 0.2) is 54.6 Å². The maximum absolute atomic E-state index is 13.1. The van der Waals surface area contributed by atoms with Crippen LogP contribution in [0.3, 0.4) is 0 Å². The van der Waals surface area contributed by atoms with Crippen molar-refractivity contribution in [3.8, 4) is 11.5 Å². The molecular formula is C27H34N4O6. The van der Waals surface area contributed by atoms with Gasteiger partial charge in [-0.25, -0.2) is 0 Å². The lowest BCUT2D eigenvalue weighted by Crippen LogP contribution is -2.49. The van der Waals surface area contributed by atoms with Crippen LogP contribution in [0.25, 0.3) is 0 Å². The maximum atomic E-state index is 13.1. The molecule has 0 aliphatic carbocycles.